The predicted molar refractivity (Wildman–Crippen MR) is 40.8 cm³/mol. The molecule has 0 bridgehead atoms. The van der Waals surface area contributed by atoms with Crippen LogP contribution in [-0.4, -0.2) is 24.3 Å². The Morgan fingerprint density at radius 3 is 2.50 bits per heavy atom. The molecule has 0 aromatic rings. The van der Waals surface area contributed by atoms with E-state index in [1.165, 1.54) is 0 Å². The minimum atomic E-state index is -2.34. The van der Waals surface area contributed by atoms with Crippen molar-refractivity contribution in [2.24, 2.45) is 0 Å². The molecule has 4 heteroatoms. The van der Waals surface area contributed by atoms with E-state index in [4.69, 9.17) is 9.05 Å². The molecule has 1 aliphatic heterocycles. The summed E-state index contributed by atoms with van der Waals surface area (Å²) in [5.74, 6) is 0. The SMILES string of the molecule is CCCC[P+]1(O)OCCO1. The summed E-state index contributed by atoms with van der Waals surface area (Å²) in [6, 6.07) is 0. The van der Waals surface area contributed by atoms with Crippen LogP contribution in [-0.2, 0) is 9.05 Å². The summed E-state index contributed by atoms with van der Waals surface area (Å²) < 4.78 is 10.2. The second-order valence-corrected chi connectivity index (χ2v) is 4.62. The second-order valence-electron chi connectivity index (χ2n) is 2.38. The zero-order valence-electron chi connectivity index (χ0n) is 6.25. The molecule has 3 nitrogen and oxygen atoms in total. The van der Waals surface area contributed by atoms with Crippen molar-refractivity contribution >= 4 is 7.94 Å². The molecule has 0 spiro atoms. The van der Waals surface area contributed by atoms with Crippen LogP contribution in [0.25, 0.3) is 0 Å². The lowest BCUT2D eigenvalue weighted by Crippen LogP contribution is -1.96. The molecular weight excluding hydrogens is 151 g/mol. The maximum Gasteiger partial charge on any atom is 0.408 e. The van der Waals surface area contributed by atoms with Crippen molar-refractivity contribution in [3.8, 4) is 0 Å². The lowest BCUT2D eigenvalue weighted by Gasteiger charge is -2.06. The van der Waals surface area contributed by atoms with Crippen molar-refractivity contribution in [1.29, 1.82) is 0 Å². The lowest BCUT2D eigenvalue weighted by molar-refractivity contribution is 0.311. The van der Waals surface area contributed by atoms with E-state index >= 15 is 0 Å². The Morgan fingerprint density at radius 1 is 1.40 bits per heavy atom. The lowest BCUT2D eigenvalue weighted by atomic mass is 10.4. The normalized spacial score (nSPS) is 23.4. The van der Waals surface area contributed by atoms with E-state index in [1.807, 2.05) is 0 Å². The molecule has 0 aromatic heterocycles. The summed E-state index contributed by atoms with van der Waals surface area (Å²) in [5, 5.41) is 0. The summed E-state index contributed by atoms with van der Waals surface area (Å²) >= 11 is 0. The molecule has 0 atom stereocenters. The van der Waals surface area contributed by atoms with E-state index in [-0.39, 0.29) is 0 Å². The molecule has 0 aromatic carbocycles. The van der Waals surface area contributed by atoms with Gasteiger partial charge in [0.05, 0.1) is 0 Å². The standard InChI is InChI=1S/C6H14O3P/c1-2-3-6-10(7)8-4-5-9-10/h7H,2-6H2,1H3/q+1. The first-order valence-electron chi connectivity index (χ1n) is 3.67. The number of hydrogen-bond acceptors (Lipinski definition) is 3. The monoisotopic (exact) mass is 165 g/mol. The number of hydrogen-bond donors (Lipinski definition) is 1. The van der Waals surface area contributed by atoms with Crippen LogP contribution in [0.4, 0.5) is 0 Å². The van der Waals surface area contributed by atoms with Gasteiger partial charge < -0.3 is 0 Å². The average molecular weight is 165 g/mol. The summed E-state index contributed by atoms with van der Waals surface area (Å²) in [5.41, 5.74) is 0. The van der Waals surface area contributed by atoms with Crippen LogP contribution < -0.4 is 0 Å². The van der Waals surface area contributed by atoms with Gasteiger partial charge in [0.1, 0.15) is 19.4 Å². The third-order valence-electron chi connectivity index (χ3n) is 1.46. The molecule has 1 saturated heterocycles. The van der Waals surface area contributed by atoms with Gasteiger partial charge in [0, 0.05) is 0 Å². The Hall–Kier alpha value is 0.310. The Kier molecular flexibility index (Phi) is 3.05. The minimum absolute atomic E-state index is 0.563. The van der Waals surface area contributed by atoms with Crippen molar-refractivity contribution < 1.29 is 13.9 Å². The molecule has 0 aliphatic carbocycles. The van der Waals surface area contributed by atoms with Gasteiger partial charge in [-0.1, -0.05) is 13.3 Å². The van der Waals surface area contributed by atoms with Gasteiger partial charge in [-0.15, -0.1) is 0 Å². The molecule has 0 unspecified atom stereocenters. The molecule has 1 fully saturated rings. The van der Waals surface area contributed by atoms with Crippen molar-refractivity contribution in [3.05, 3.63) is 0 Å². The fourth-order valence-electron chi connectivity index (χ4n) is 0.884. The van der Waals surface area contributed by atoms with Crippen LogP contribution in [0.5, 0.6) is 0 Å². The summed E-state index contributed by atoms with van der Waals surface area (Å²) in [4.78, 5) is 9.49. The first kappa shape index (κ1) is 8.41. The quantitative estimate of drug-likeness (QED) is 0.645. The van der Waals surface area contributed by atoms with Crippen LogP contribution in [0.15, 0.2) is 0 Å². The molecule has 1 heterocycles. The molecule has 1 N–H and O–H groups in total. The minimum Gasteiger partial charge on any atom is -0.193 e. The smallest absolute Gasteiger partial charge is 0.193 e. The van der Waals surface area contributed by atoms with E-state index in [9.17, 15) is 4.89 Å². The zero-order valence-corrected chi connectivity index (χ0v) is 7.14. The summed E-state index contributed by atoms with van der Waals surface area (Å²) in [7, 11) is -2.34. The largest absolute Gasteiger partial charge is 0.408 e. The van der Waals surface area contributed by atoms with E-state index < -0.39 is 7.94 Å². The molecule has 1 aliphatic rings. The number of unbranched alkanes of at least 4 members (excludes halogenated alkanes) is 1. The maximum atomic E-state index is 9.49. The van der Waals surface area contributed by atoms with Crippen molar-refractivity contribution in [1.82, 2.24) is 0 Å². The van der Waals surface area contributed by atoms with Gasteiger partial charge in [0.15, 0.2) is 0 Å². The number of rotatable bonds is 3. The highest BCUT2D eigenvalue weighted by Gasteiger charge is 2.44. The second kappa shape index (κ2) is 3.63. The maximum absolute atomic E-state index is 9.49. The molecular formula is C6H14O3P+. The first-order chi connectivity index (χ1) is 4.77. The molecule has 1 rings (SSSR count). The van der Waals surface area contributed by atoms with Crippen LogP contribution in [0.2, 0.25) is 0 Å². The summed E-state index contributed by atoms with van der Waals surface area (Å²) in [6.07, 6.45) is 2.77. The van der Waals surface area contributed by atoms with Gasteiger partial charge in [0.2, 0.25) is 0 Å². The fraction of sp³-hybridized carbons (Fsp3) is 1.00. The highest BCUT2D eigenvalue weighted by atomic mass is 31.2. The van der Waals surface area contributed by atoms with Crippen molar-refractivity contribution in [2.45, 2.75) is 19.8 Å². The zero-order chi connectivity index (χ0) is 7.45. The third kappa shape index (κ3) is 2.17. The Labute approximate surface area is 61.9 Å². The van der Waals surface area contributed by atoms with Gasteiger partial charge in [-0.3, -0.25) is 0 Å². The summed E-state index contributed by atoms with van der Waals surface area (Å²) in [6.45, 7) is 3.21. The van der Waals surface area contributed by atoms with Crippen LogP contribution >= 0.6 is 7.94 Å². The van der Waals surface area contributed by atoms with Gasteiger partial charge >= 0.3 is 7.94 Å². The topological polar surface area (TPSA) is 38.7 Å². The third-order valence-corrected chi connectivity index (χ3v) is 3.52. The van der Waals surface area contributed by atoms with Gasteiger partial charge in [-0.05, 0) is 6.42 Å². The van der Waals surface area contributed by atoms with E-state index in [0.29, 0.717) is 19.4 Å². The van der Waals surface area contributed by atoms with E-state index in [1.54, 1.807) is 0 Å². The van der Waals surface area contributed by atoms with Crippen LogP contribution in [0.1, 0.15) is 19.8 Å². The first-order valence-corrected chi connectivity index (χ1v) is 5.43. The average Bonchev–Trinajstić information content (AvgIpc) is 2.33. The van der Waals surface area contributed by atoms with Gasteiger partial charge in [0.25, 0.3) is 0 Å². The molecule has 0 amide bonds. The molecule has 0 saturated carbocycles. The fourth-order valence-corrected chi connectivity index (χ4v) is 2.65. The Morgan fingerprint density at radius 2 is 2.00 bits per heavy atom. The molecule has 10 heavy (non-hydrogen) atoms. The van der Waals surface area contributed by atoms with Crippen LogP contribution in [0.3, 0.4) is 0 Å². The molecule has 60 valence electrons. The van der Waals surface area contributed by atoms with E-state index in [2.05, 4.69) is 6.92 Å². The van der Waals surface area contributed by atoms with Crippen molar-refractivity contribution in [2.75, 3.05) is 19.4 Å². The molecule has 0 radical (unpaired) electrons. The van der Waals surface area contributed by atoms with Gasteiger partial charge in [-0.25, -0.2) is 0 Å². The Bertz CT molecular complexity index is 101. The predicted octanol–water partition coefficient (Wildman–Crippen LogP) is 1.59. The highest BCUT2D eigenvalue weighted by molar-refractivity contribution is 7.60. The van der Waals surface area contributed by atoms with E-state index in [0.717, 1.165) is 12.8 Å². The van der Waals surface area contributed by atoms with Crippen LogP contribution in [0, 0.1) is 0 Å². The Balaban J connectivity index is 2.22. The highest BCUT2D eigenvalue weighted by Crippen LogP contribution is 2.60. The van der Waals surface area contributed by atoms with Crippen molar-refractivity contribution in [3.63, 3.8) is 0 Å². The van der Waals surface area contributed by atoms with Gasteiger partial charge in [-0.2, -0.15) is 13.9 Å².